The van der Waals surface area contributed by atoms with Crippen molar-refractivity contribution in [1.82, 2.24) is 25.5 Å². The lowest BCUT2D eigenvalue weighted by Gasteiger charge is -2.18. The molecule has 3 N–H and O–H groups in total. The zero-order valence-corrected chi connectivity index (χ0v) is 21.1. The van der Waals surface area contributed by atoms with Gasteiger partial charge in [0, 0.05) is 41.4 Å². The summed E-state index contributed by atoms with van der Waals surface area (Å²) in [6.07, 6.45) is 4.62. The Hall–Kier alpha value is -4.83. The van der Waals surface area contributed by atoms with Gasteiger partial charge in [-0.05, 0) is 64.5 Å². The molecule has 1 aromatic heterocycles. The first kappa shape index (κ1) is 26.2. The molecular weight excluding hydrogens is 506 g/mol. The molecule has 0 saturated carbocycles. The Morgan fingerprint density at radius 3 is 2.34 bits per heavy atom. The van der Waals surface area contributed by atoms with Crippen LogP contribution in [0.5, 0.6) is 0 Å². The smallest absolute Gasteiger partial charge is 0.247 e. The van der Waals surface area contributed by atoms with Gasteiger partial charge in [0.2, 0.25) is 17.7 Å². The van der Waals surface area contributed by atoms with Crippen molar-refractivity contribution in [3.63, 3.8) is 0 Å². The standard InChI is InChI=1S/C27H24ClN7O3/c1-18(36)30-22-9-11-23(12-10-22)31-27(38)24(15-19-5-3-2-4-6-19)32-26(37)14-7-20-16-21(28)8-13-25(20)35-17-29-33-34-35/h2-14,16-17,24H,15H2,1H3,(H,30,36)(H,31,38)(H,32,37)/t24-/m0/s1. The van der Waals surface area contributed by atoms with Crippen molar-refractivity contribution >= 4 is 46.8 Å². The number of carbonyl (C=O) groups is 3. The van der Waals surface area contributed by atoms with Crippen LogP contribution >= 0.6 is 11.6 Å². The average molecular weight is 530 g/mol. The highest BCUT2D eigenvalue weighted by atomic mass is 35.5. The van der Waals surface area contributed by atoms with Crippen molar-refractivity contribution in [2.24, 2.45) is 0 Å². The van der Waals surface area contributed by atoms with Gasteiger partial charge >= 0.3 is 0 Å². The number of benzene rings is 3. The molecule has 0 spiro atoms. The number of amides is 3. The van der Waals surface area contributed by atoms with Crippen molar-refractivity contribution in [3.8, 4) is 5.69 Å². The van der Waals surface area contributed by atoms with E-state index in [0.717, 1.165) is 5.56 Å². The average Bonchev–Trinajstić information content (AvgIpc) is 3.43. The predicted octanol–water partition coefficient (Wildman–Crippen LogP) is 3.65. The lowest BCUT2D eigenvalue weighted by atomic mass is 10.0. The monoisotopic (exact) mass is 529 g/mol. The first-order valence-electron chi connectivity index (χ1n) is 11.6. The van der Waals surface area contributed by atoms with Crippen molar-refractivity contribution in [2.75, 3.05) is 10.6 Å². The van der Waals surface area contributed by atoms with Crippen LogP contribution in [-0.4, -0.2) is 44.0 Å². The van der Waals surface area contributed by atoms with Gasteiger partial charge in [0.05, 0.1) is 5.69 Å². The van der Waals surface area contributed by atoms with Crippen molar-refractivity contribution in [1.29, 1.82) is 0 Å². The van der Waals surface area contributed by atoms with E-state index in [1.54, 1.807) is 48.5 Å². The summed E-state index contributed by atoms with van der Waals surface area (Å²) in [6.45, 7) is 1.42. The van der Waals surface area contributed by atoms with Crippen LogP contribution in [0, 0.1) is 0 Å². The van der Waals surface area contributed by atoms with Gasteiger partial charge in [0.1, 0.15) is 12.4 Å². The zero-order valence-electron chi connectivity index (χ0n) is 20.3. The highest BCUT2D eigenvalue weighted by molar-refractivity contribution is 6.30. The van der Waals surface area contributed by atoms with E-state index in [1.807, 2.05) is 30.3 Å². The maximum atomic E-state index is 13.2. The molecule has 0 bridgehead atoms. The fourth-order valence-corrected chi connectivity index (χ4v) is 3.83. The molecule has 4 rings (SSSR count). The molecule has 0 aliphatic carbocycles. The van der Waals surface area contributed by atoms with E-state index in [4.69, 9.17) is 11.6 Å². The Bertz CT molecular complexity index is 1440. The molecule has 11 heteroatoms. The largest absolute Gasteiger partial charge is 0.340 e. The van der Waals surface area contributed by atoms with Crippen LogP contribution in [0.2, 0.25) is 5.02 Å². The number of hydrogen-bond donors (Lipinski definition) is 3. The second-order valence-electron chi connectivity index (χ2n) is 8.29. The van der Waals surface area contributed by atoms with Crippen molar-refractivity contribution < 1.29 is 14.4 Å². The third-order valence-corrected chi connectivity index (χ3v) is 5.62. The molecule has 0 aliphatic heterocycles. The van der Waals surface area contributed by atoms with Crippen LogP contribution in [0.15, 0.2) is 85.2 Å². The topological polar surface area (TPSA) is 131 Å². The molecule has 1 heterocycles. The van der Waals surface area contributed by atoms with E-state index < -0.39 is 11.9 Å². The fourth-order valence-electron chi connectivity index (χ4n) is 3.65. The number of halogens is 1. The van der Waals surface area contributed by atoms with Crippen LogP contribution < -0.4 is 16.0 Å². The summed E-state index contributed by atoms with van der Waals surface area (Å²) in [5, 5.41) is 19.9. The third-order valence-electron chi connectivity index (χ3n) is 5.39. The first-order valence-corrected chi connectivity index (χ1v) is 12.0. The highest BCUT2D eigenvalue weighted by Crippen LogP contribution is 2.20. The summed E-state index contributed by atoms with van der Waals surface area (Å²) in [6, 6.07) is 20.3. The molecule has 0 aliphatic rings. The summed E-state index contributed by atoms with van der Waals surface area (Å²) in [7, 11) is 0. The van der Waals surface area contributed by atoms with Crippen LogP contribution in [0.4, 0.5) is 11.4 Å². The van der Waals surface area contributed by atoms with Gasteiger partial charge in [-0.15, -0.1) is 5.10 Å². The lowest BCUT2D eigenvalue weighted by molar-refractivity contribution is -0.123. The Kier molecular flexibility index (Phi) is 8.57. The molecule has 0 saturated heterocycles. The van der Waals surface area contributed by atoms with Crippen LogP contribution in [-0.2, 0) is 20.8 Å². The maximum Gasteiger partial charge on any atom is 0.247 e. The number of nitrogens with one attached hydrogen (secondary N) is 3. The third kappa shape index (κ3) is 7.34. The molecule has 3 amide bonds. The molecule has 3 aromatic carbocycles. The van der Waals surface area contributed by atoms with Crippen molar-refractivity contribution in [2.45, 2.75) is 19.4 Å². The van der Waals surface area contributed by atoms with E-state index in [2.05, 4.69) is 31.5 Å². The van der Waals surface area contributed by atoms with E-state index in [-0.39, 0.29) is 18.2 Å². The predicted molar refractivity (Wildman–Crippen MR) is 145 cm³/mol. The van der Waals surface area contributed by atoms with Gasteiger partial charge in [-0.3, -0.25) is 14.4 Å². The number of nitrogens with zero attached hydrogens (tertiary/aromatic N) is 4. The Morgan fingerprint density at radius 1 is 0.974 bits per heavy atom. The van der Waals surface area contributed by atoms with Crippen LogP contribution in [0.1, 0.15) is 18.1 Å². The summed E-state index contributed by atoms with van der Waals surface area (Å²) in [4.78, 5) is 37.3. The summed E-state index contributed by atoms with van der Waals surface area (Å²) < 4.78 is 1.46. The lowest BCUT2D eigenvalue weighted by Crippen LogP contribution is -2.44. The van der Waals surface area contributed by atoms with Gasteiger partial charge in [0.15, 0.2) is 0 Å². The van der Waals surface area contributed by atoms with Gasteiger partial charge in [0.25, 0.3) is 0 Å². The highest BCUT2D eigenvalue weighted by Gasteiger charge is 2.21. The molecule has 0 fully saturated rings. The molecule has 10 nitrogen and oxygen atoms in total. The zero-order chi connectivity index (χ0) is 26.9. The second kappa shape index (κ2) is 12.4. The van der Waals surface area contributed by atoms with E-state index >= 15 is 0 Å². The van der Waals surface area contributed by atoms with Gasteiger partial charge < -0.3 is 16.0 Å². The fraction of sp³-hybridized carbons (Fsp3) is 0.111. The summed E-state index contributed by atoms with van der Waals surface area (Å²) in [5.74, 6) is -1.05. The summed E-state index contributed by atoms with van der Waals surface area (Å²) in [5.41, 5.74) is 3.26. The minimum absolute atomic E-state index is 0.191. The van der Waals surface area contributed by atoms with E-state index in [0.29, 0.717) is 27.6 Å². The molecule has 192 valence electrons. The number of rotatable bonds is 9. The number of aromatic nitrogens is 4. The minimum atomic E-state index is -0.858. The number of tetrazole rings is 1. The minimum Gasteiger partial charge on any atom is -0.340 e. The van der Waals surface area contributed by atoms with Gasteiger partial charge in [-0.1, -0.05) is 41.9 Å². The molecule has 1 atom stereocenters. The molecule has 0 unspecified atom stereocenters. The SMILES string of the molecule is CC(=O)Nc1ccc(NC(=O)[C@H](Cc2ccccc2)NC(=O)C=Cc2cc(Cl)ccc2-n2cnnn2)cc1. The van der Waals surface area contributed by atoms with Crippen molar-refractivity contribution in [3.05, 3.63) is 101 Å². The normalized spacial score (nSPS) is 11.6. The first-order chi connectivity index (χ1) is 18.4. The van der Waals surface area contributed by atoms with E-state index in [9.17, 15) is 14.4 Å². The molecule has 4 aromatic rings. The van der Waals surface area contributed by atoms with Crippen LogP contribution in [0.25, 0.3) is 11.8 Å². The Morgan fingerprint density at radius 2 is 1.68 bits per heavy atom. The number of anilines is 2. The summed E-state index contributed by atoms with van der Waals surface area (Å²) >= 11 is 6.15. The molecule has 0 radical (unpaired) electrons. The Labute approximate surface area is 223 Å². The van der Waals surface area contributed by atoms with E-state index in [1.165, 1.54) is 24.0 Å². The quantitative estimate of drug-likeness (QED) is 0.284. The molecular formula is C27H24ClN7O3. The number of hydrogen-bond acceptors (Lipinski definition) is 6. The Balaban J connectivity index is 1.50. The van der Waals surface area contributed by atoms with Crippen LogP contribution in [0.3, 0.4) is 0 Å². The second-order valence-corrected chi connectivity index (χ2v) is 8.73. The van der Waals surface area contributed by atoms with Gasteiger partial charge in [-0.25, -0.2) is 0 Å². The van der Waals surface area contributed by atoms with Gasteiger partial charge in [-0.2, -0.15) is 4.68 Å². The molecule has 38 heavy (non-hydrogen) atoms. The number of carbonyl (C=O) groups excluding carboxylic acids is 3. The maximum absolute atomic E-state index is 13.2.